The van der Waals surface area contributed by atoms with E-state index in [-0.39, 0.29) is 18.6 Å². The minimum absolute atomic E-state index is 0.0935. The van der Waals surface area contributed by atoms with E-state index in [9.17, 15) is 4.79 Å². The van der Waals surface area contributed by atoms with Gasteiger partial charge in [0.15, 0.2) is 0 Å². The molecule has 1 saturated heterocycles. The summed E-state index contributed by atoms with van der Waals surface area (Å²) >= 11 is 0. The molecule has 0 radical (unpaired) electrons. The van der Waals surface area contributed by atoms with E-state index in [1.165, 1.54) is 0 Å². The van der Waals surface area contributed by atoms with Crippen LogP contribution in [0, 0.1) is 0 Å². The Bertz CT molecular complexity index is 238. The molecule has 0 spiro atoms. The standard InChI is InChI=1S/C11H23N3O3/c1-2-14(6-3-7-15)8-9-4-5-10(17-9)11(16)13-12/h9-10,15H,2-8,12H2,1H3,(H,13,16). The molecule has 1 aliphatic heterocycles. The average Bonchev–Trinajstić information content (AvgIpc) is 2.81. The molecule has 17 heavy (non-hydrogen) atoms. The molecule has 1 rings (SSSR count). The lowest BCUT2D eigenvalue weighted by atomic mass is 10.2. The van der Waals surface area contributed by atoms with Crippen molar-refractivity contribution in [1.82, 2.24) is 10.3 Å². The Morgan fingerprint density at radius 2 is 2.35 bits per heavy atom. The largest absolute Gasteiger partial charge is 0.396 e. The quantitative estimate of drug-likeness (QED) is 0.311. The summed E-state index contributed by atoms with van der Waals surface area (Å²) in [5, 5.41) is 8.79. The van der Waals surface area contributed by atoms with Gasteiger partial charge >= 0.3 is 0 Å². The fourth-order valence-corrected chi connectivity index (χ4v) is 2.09. The van der Waals surface area contributed by atoms with Gasteiger partial charge in [0.2, 0.25) is 0 Å². The molecule has 1 amide bonds. The molecule has 2 unspecified atom stereocenters. The summed E-state index contributed by atoms with van der Waals surface area (Å²) < 4.78 is 5.63. The molecule has 0 aromatic heterocycles. The Balaban J connectivity index is 2.30. The molecule has 0 aromatic rings. The Morgan fingerprint density at radius 1 is 1.59 bits per heavy atom. The van der Waals surface area contributed by atoms with Gasteiger partial charge in [-0.3, -0.25) is 10.2 Å². The van der Waals surface area contributed by atoms with Crippen LogP contribution >= 0.6 is 0 Å². The van der Waals surface area contributed by atoms with Crippen molar-refractivity contribution in [2.45, 2.75) is 38.4 Å². The highest BCUT2D eigenvalue weighted by atomic mass is 16.5. The van der Waals surface area contributed by atoms with Crippen LogP contribution in [0.5, 0.6) is 0 Å². The van der Waals surface area contributed by atoms with Crippen LogP contribution in [-0.2, 0) is 9.53 Å². The van der Waals surface area contributed by atoms with Crippen LogP contribution in [0.15, 0.2) is 0 Å². The molecule has 1 aliphatic rings. The second-order valence-electron chi connectivity index (χ2n) is 4.30. The summed E-state index contributed by atoms with van der Waals surface area (Å²) in [5.41, 5.74) is 2.12. The van der Waals surface area contributed by atoms with Gasteiger partial charge in [-0.15, -0.1) is 0 Å². The predicted molar refractivity (Wildman–Crippen MR) is 64.0 cm³/mol. The van der Waals surface area contributed by atoms with Gasteiger partial charge in [0.05, 0.1) is 6.10 Å². The highest BCUT2D eigenvalue weighted by Gasteiger charge is 2.30. The normalized spacial score (nSPS) is 24.2. The first-order chi connectivity index (χ1) is 8.21. The summed E-state index contributed by atoms with van der Waals surface area (Å²) in [6.45, 7) is 4.88. The van der Waals surface area contributed by atoms with Gasteiger partial charge in [-0.05, 0) is 25.8 Å². The summed E-state index contributed by atoms with van der Waals surface area (Å²) in [6.07, 6.45) is 2.07. The Morgan fingerprint density at radius 3 is 2.94 bits per heavy atom. The zero-order valence-electron chi connectivity index (χ0n) is 10.4. The van der Waals surface area contributed by atoms with E-state index in [4.69, 9.17) is 15.7 Å². The first-order valence-electron chi connectivity index (χ1n) is 6.20. The summed E-state index contributed by atoms with van der Waals surface area (Å²) in [7, 11) is 0. The molecule has 2 atom stereocenters. The number of carbonyl (C=O) groups excluding carboxylic acids is 1. The number of hydrazine groups is 1. The van der Waals surface area contributed by atoms with Crippen molar-refractivity contribution in [3.8, 4) is 0 Å². The number of carbonyl (C=O) groups is 1. The molecule has 1 fully saturated rings. The Hall–Kier alpha value is -0.690. The molecule has 0 aliphatic carbocycles. The number of hydrogen-bond acceptors (Lipinski definition) is 5. The highest BCUT2D eigenvalue weighted by molar-refractivity contribution is 5.80. The summed E-state index contributed by atoms with van der Waals surface area (Å²) in [5.74, 6) is 4.83. The number of amides is 1. The maximum absolute atomic E-state index is 11.3. The number of nitrogens with two attached hydrogens (primary N) is 1. The van der Waals surface area contributed by atoms with Crippen molar-refractivity contribution in [2.24, 2.45) is 5.84 Å². The van der Waals surface area contributed by atoms with Gasteiger partial charge in [-0.1, -0.05) is 6.92 Å². The smallest absolute Gasteiger partial charge is 0.263 e. The highest BCUT2D eigenvalue weighted by Crippen LogP contribution is 2.20. The third kappa shape index (κ3) is 4.59. The van der Waals surface area contributed by atoms with Crippen LogP contribution in [-0.4, -0.2) is 54.4 Å². The second kappa shape index (κ2) is 7.60. The number of nitrogens with one attached hydrogen (secondary N) is 1. The zero-order valence-corrected chi connectivity index (χ0v) is 10.4. The van der Waals surface area contributed by atoms with E-state index < -0.39 is 6.10 Å². The van der Waals surface area contributed by atoms with Crippen LogP contribution in [0.4, 0.5) is 0 Å². The van der Waals surface area contributed by atoms with Crippen LogP contribution in [0.3, 0.4) is 0 Å². The van der Waals surface area contributed by atoms with Gasteiger partial charge < -0.3 is 14.7 Å². The van der Waals surface area contributed by atoms with Gasteiger partial charge in [0.25, 0.3) is 5.91 Å². The van der Waals surface area contributed by atoms with Crippen LogP contribution < -0.4 is 11.3 Å². The number of rotatable bonds is 7. The van der Waals surface area contributed by atoms with Gasteiger partial charge in [0, 0.05) is 19.7 Å². The van der Waals surface area contributed by atoms with Gasteiger partial charge in [-0.25, -0.2) is 5.84 Å². The molecular formula is C11H23N3O3. The predicted octanol–water partition coefficient (Wildman–Crippen LogP) is -0.772. The fourth-order valence-electron chi connectivity index (χ4n) is 2.09. The maximum Gasteiger partial charge on any atom is 0.263 e. The van der Waals surface area contributed by atoms with Gasteiger partial charge in [-0.2, -0.15) is 0 Å². The third-order valence-corrected chi connectivity index (χ3v) is 3.08. The maximum atomic E-state index is 11.3. The molecule has 6 nitrogen and oxygen atoms in total. The lowest BCUT2D eigenvalue weighted by Crippen LogP contribution is -2.40. The van der Waals surface area contributed by atoms with E-state index in [0.717, 1.165) is 38.9 Å². The minimum Gasteiger partial charge on any atom is -0.396 e. The van der Waals surface area contributed by atoms with E-state index in [0.29, 0.717) is 0 Å². The van der Waals surface area contributed by atoms with Crippen molar-refractivity contribution in [3.05, 3.63) is 0 Å². The number of aliphatic hydroxyl groups excluding tert-OH is 1. The summed E-state index contributed by atoms with van der Waals surface area (Å²) in [4.78, 5) is 13.5. The first-order valence-corrected chi connectivity index (χ1v) is 6.20. The Labute approximate surface area is 102 Å². The Kier molecular flexibility index (Phi) is 6.43. The fraction of sp³-hybridized carbons (Fsp3) is 0.909. The molecule has 6 heteroatoms. The lowest BCUT2D eigenvalue weighted by molar-refractivity contribution is -0.132. The van der Waals surface area contributed by atoms with Crippen molar-refractivity contribution in [2.75, 3.05) is 26.2 Å². The second-order valence-corrected chi connectivity index (χ2v) is 4.30. The van der Waals surface area contributed by atoms with E-state index in [1.54, 1.807) is 0 Å². The van der Waals surface area contributed by atoms with E-state index in [2.05, 4.69) is 17.2 Å². The molecule has 0 aromatic carbocycles. The van der Waals surface area contributed by atoms with Crippen molar-refractivity contribution in [3.63, 3.8) is 0 Å². The van der Waals surface area contributed by atoms with E-state index >= 15 is 0 Å². The molecule has 4 N–H and O–H groups in total. The third-order valence-electron chi connectivity index (χ3n) is 3.08. The van der Waals surface area contributed by atoms with Crippen molar-refractivity contribution in [1.29, 1.82) is 0 Å². The van der Waals surface area contributed by atoms with Crippen molar-refractivity contribution < 1.29 is 14.6 Å². The number of nitrogens with zero attached hydrogens (tertiary/aromatic N) is 1. The number of hydrogen-bond donors (Lipinski definition) is 3. The number of likely N-dealkylation sites (N-methyl/N-ethyl adjacent to an activating group) is 1. The van der Waals surface area contributed by atoms with Gasteiger partial charge in [0.1, 0.15) is 6.10 Å². The number of ether oxygens (including phenoxy) is 1. The SMILES string of the molecule is CCN(CCCO)CC1CCC(C(=O)NN)O1. The van der Waals surface area contributed by atoms with Crippen LogP contribution in [0.1, 0.15) is 26.2 Å². The first kappa shape index (κ1) is 14.4. The zero-order chi connectivity index (χ0) is 12.7. The molecule has 0 saturated carbocycles. The molecule has 1 heterocycles. The van der Waals surface area contributed by atoms with E-state index in [1.807, 2.05) is 0 Å². The molecule has 0 bridgehead atoms. The summed E-state index contributed by atoms with van der Waals surface area (Å²) in [6, 6.07) is 0. The average molecular weight is 245 g/mol. The van der Waals surface area contributed by atoms with Crippen LogP contribution in [0.25, 0.3) is 0 Å². The lowest BCUT2D eigenvalue weighted by Gasteiger charge is -2.23. The van der Waals surface area contributed by atoms with Crippen LogP contribution in [0.2, 0.25) is 0 Å². The monoisotopic (exact) mass is 245 g/mol. The minimum atomic E-state index is -0.401. The van der Waals surface area contributed by atoms with Crippen molar-refractivity contribution >= 4 is 5.91 Å². The topological polar surface area (TPSA) is 87.8 Å². The molecule has 100 valence electrons. The number of aliphatic hydroxyl groups is 1. The molecular weight excluding hydrogens is 222 g/mol.